The van der Waals surface area contributed by atoms with Crippen LogP contribution in [0.15, 0.2) is 24.3 Å². The van der Waals surface area contributed by atoms with Crippen LogP contribution < -0.4 is 10.6 Å². The topological polar surface area (TPSA) is 52.8 Å². The average Bonchev–Trinajstić information content (AvgIpc) is 2.63. The molecule has 2 unspecified atom stereocenters. The maximum atomic E-state index is 13.1. The number of nitrogens with two attached hydrogens (primary N) is 1. The zero-order valence-corrected chi connectivity index (χ0v) is 18.6. The second kappa shape index (κ2) is 10.1. The summed E-state index contributed by atoms with van der Waals surface area (Å²) in [6.07, 6.45) is 0.933. The van der Waals surface area contributed by atoms with Crippen molar-refractivity contribution in [2.45, 2.75) is 39.3 Å². The average molecular weight is 435 g/mol. The second-order valence-electron chi connectivity index (χ2n) is 8.32. The highest BCUT2D eigenvalue weighted by Crippen LogP contribution is 2.29. The van der Waals surface area contributed by atoms with Crippen LogP contribution in [0.5, 0.6) is 0 Å². The van der Waals surface area contributed by atoms with Crippen molar-refractivity contribution in [3.05, 3.63) is 30.1 Å². The van der Waals surface area contributed by atoms with Crippen LogP contribution in [0.4, 0.5) is 10.1 Å². The first-order valence-corrected chi connectivity index (χ1v) is 9.57. The van der Waals surface area contributed by atoms with Gasteiger partial charge in [0, 0.05) is 51.0 Å². The third kappa shape index (κ3) is 5.50. The summed E-state index contributed by atoms with van der Waals surface area (Å²) >= 11 is 0. The number of anilines is 1. The van der Waals surface area contributed by atoms with Gasteiger partial charge in [-0.25, -0.2) is 4.39 Å². The summed E-state index contributed by atoms with van der Waals surface area (Å²) in [7, 11) is 0. The molecule has 2 aliphatic heterocycles. The van der Waals surface area contributed by atoms with Gasteiger partial charge in [0.2, 0.25) is 5.91 Å². The maximum Gasteiger partial charge on any atom is 0.239 e. The van der Waals surface area contributed by atoms with E-state index in [-0.39, 0.29) is 54.0 Å². The Kier molecular flexibility index (Phi) is 9.00. The van der Waals surface area contributed by atoms with Gasteiger partial charge in [-0.15, -0.1) is 24.8 Å². The van der Waals surface area contributed by atoms with Gasteiger partial charge in [-0.1, -0.05) is 13.8 Å². The summed E-state index contributed by atoms with van der Waals surface area (Å²) in [5, 5.41) is 0. The molecule has 2 N–H and O–H groups in total. The summed E-state index contributed by atoms with van der Waals surface area (Å²) < 4.78 is 13.1. The first kappa shape index (κ1) is 25.0. The number of rotatable bonds is 3. The molecule has 0 radical (unpaired) electrons. The SMILES string of the molecule is CC(C(=O)N1CCN(c2ccc(F)cc2)CC1)N1CCC(N)C(C)(C)C1.Cl.Cl. The number of hydrogen-bond donors (Lipinski definition) is 1. The van der Waals surface area contributed by atoms with E-state index < -0.39 is 0 Å². The second-order valence-corrected chi connectivity index (χ2v) is 8.32. The fourth-order valence-corrected chi connectivity index (χ4v) is 4.00. The molecule has 0 spiro atoms. The molecule has 28 heavy (non-hydrogen) atoms. The van der Waals surface area contributed by atoms with Crippen LogP contribution in [0, 0.1) is 11.2 Å². The predicted molar refractivity (Wildman–Crippen MR) is 117 cm³/mol. The molecule has 2 aliphatic rings. The fourth-order valence-electron chi connectivity index (χ4n) is 4.00. The van der Waals surface area contributed by atoms with Crippen molar-refractivity contribution < 1.29 is 9.18 Å². The van der Waals surface area contributed by atoms with Crippen molar-refractivity contribution in [3.8, 4) is 0 Å². The van der Waals surface area contributed by atoms with Crippen molar-refractivity contribution in [1.82, 2.24) is 9.80 Å². The Hall–Kier alpha value is -1.08. The van der Waals surface area contributed by atoms with E-state index in [4.69, 9.17) is 5.73 Å². The summed E-state index contributed by atoms with van der Waals surface area (Å²) in [5.41, 5.74) is 7.27. The molecule has 0 saturated carbocycles. The monoisotopic (exact) mass is 434 g/mol. The summed E-state index contributed by atoms with van der Waals surface area (Å²) in [6.45, 7) is 11.1. The van der Waals surface area contributed by atoms with E-state index in [9.17, 15) is 9.18 Å². The Bertz CT molecular complexity index is 636. The molecule has 3 rings (SSSR count). The smallest absolute Gasteiger partial charge is 0.239 e. The predicted octanol–water partition coefficient (Wildman–Crippen LogP) is 2.77. The zero-order valence-electron chi connectivity index (χ0n) is 16.9. The lowest BCUT2D eigenvalue weighted by Gasteiger charge is -2.46. The number of hydrogen-bond acceptors (Lipinski definition) is 4. The molecule has 2 atom stereocenters. The van der Waals surface area contributed by atoms with Crippen molar-refractivity contribution in [3.63, 3.8) is 0 Å². The third-order valence-electron chi connectivity index (χ3n) is 6.03. The number of carbonyl (C=O) groups excluding carboxylic acids is 1. The first-order valence-electron chi connectivity index (χ1n) is 9.57. The molecule has 0 aliphatic carbocycles. The summed E-state index contributed by atoms with van der Waals surface area (Å²) in [5.74, 6) is -0.0180. The van der Waals surface area contributed by atoms with Crippen LogP contribution >= 0.6 is 24.8 Å². The Morgan fingerprint density at radius 2 is 1.68 bits per heavy atom. The third-order valence-corrected chi connectivity index (χ3v) is 6.03. The molecule has 1 aromatic rings. The maximum absolute atomic E-state index is 13.1. The molecule has 5 nitrogen and oxygen atoms in total. The molecule has 0 bridgehead atoms. The molecule has 1 amide bonds. The Morgan fingerprint density at radius 1 is 1.11 bits per heavy atom. The van der Waals surface area contributed by atoms with Crippen LogP contribution in [0.25, 0.3) is 0 Å². The molecule has 2 heterocycles. The van der Waals surface area contributed by atoms with Gasteiger partial charge in [-0.05, 0) is 43.0 Å². The van der Waals surface area contributed by atoms with Crippen LogP contribution in [0.1, 0.15) is 27.2 Å². The number of piperidine rings is 1. The summed E-state index contributed by atoms with van der Waals surface area (Å²) in [4.78, 5) is 19.4. The van der Waals surface area contributed by atoms with E-state index in [1.54, 1.807) is 12.1 Å². The van der Waals surface area contributed by atoms with Crippen LogP contribution in [-0.4, -0.2) is 67.1 Å². The Balaban J connectivity index is 0.00000196. The number of amides is 1. The molecule has 0 aromatic heterocycles. The van der Waals surface area contributed by atoms with Gasteiger partial charge in [0.15, 0.2) is 0 Å². The highest BCUT2D eigenvalue weighted by Gasteiger charge is 2.38. The van der Waals surface area contributed by atoms with E-state index >= 15 is 0 Å². The minimum absolute atomic E-state index is 0. The largest absolute Gasteiger partial charge is 0.368 e. The normalized spacial score (nSPS) is 23.4. The number of nitrogens with zero attached hydrogens (tertiary/aromatic N) is 3. The lowest BCUT2D eigenvalue weighted by atomic mass is 9.79. The van der Waals surface area contributed by atoms with Gasteiger partial charge in [0.1, 0.15) is 5.82 Å². The lowest BCUT2D eigenvalue weighted by molar-refractivity contribution is -0.138. The van der Waals surface area contributed by atoms with Crippen molar-refractivity contribution in [1.29, 1.82) is 0 Å². The Morgan fingerprint density at radius 3 is 2.21 bits per heavy atom. The van der Waals surface area contributed by atoms with E-state index in [2.05, 4.69) is 23.6 Å². The van der Waals surface area contributed by atoms with Gasteiger partial charge in [0.05, 0.1) is 6.04 Å². The van der Waals surface area contributed by atoms with E-state index in [0.717, 1.165) is 38.3 Å². The van der Waals surface area contributed by atoms with Crippen LogP contribution in [0.2, 0.25) is 0 Å². The minimum Gasteiger partial charge on any atom is -0.368 e. The minimum atomic E-state index is -0.222. The first-order chi connectivity index (χ1) is 12.3. The Labute approximate surface area is 180 Å². The van der Waals surface area contributed by atoms with E-state index in [1.807, 2.05) is 11.8 Å². The lowest BCUT2D eigenvalue weighted by Crippen LogP contribution is -2.59. The molecule has 2 fully saturated rings. The molecule has 2 saturated heterocycles. The number of carbonyl (C=O) groups is 1. The fraction of sp³-hybridized carbons (Fsp3) is 0.650. The standard InChI is InChI=1S/C20H31FN4O.2ClH/c1-15(25-9-8-18(22)20(2,3)14-25)19(26)24-12-10-23(11-13-24)17-6-4-16(21)5-7-17;;/h4-7,15,18H,8-14,22H2,1-3H3;2*1H. The summed E-state index contributed by atoms with van der Waals surface area (Å²) in [6, 6.07) is 6.65. The molecule has 1 aromatic carbocycles. The molecule has 8 heteroatoms. The van der Waals surface area contributed by atoms with Gasteiger partial charge >= 0.3 is 0 Å². The highest BCUT2D eigenvalue weighted by molar-refractivity contribution is 5.85. The molecule has 160 valence electrons. The quantitative estimate of drug-likeness (QED) is 0.794. The van der Waals surface area contributed by atoms with Crippen LogP contribution in [-0.2, 0) is 4.79 Å². The highest BCUT2D eigenvalue weighted by atomic mass is 35.5. The van der Waals surface area contributed by atoms with E-state index in [0.29, 0.717) is 13.1 Å². The van der Waals surface area contributed by atoms with Gasteiger partial charge in [0.25, 0.3) is 0 Å². The van der Waals surface area contributed by atoms with Gasteiger partial charge in [-0.2, -0.15) is 0 Å². The molecular formula is C20H33Cl2FN4O. The van der Waals surface area contributed by atoms with Crippen molar-refractivity contribution in [2.75, 3.05) is 44.2 Å². The zero-order chi connectivity index (χ0) is 18.9. The van der Waals surface area contributed by atoms with Gasteiger partial charge in [-0.3, -0.25) is 9.69 Å². The van der Waals surface area contributed by atoms with Gasteiger partial charge < -0.3 is 15.5 Å². The molecular weight excluding hydrogens is 402 g/mol. The van der Waals surface area contributed by atoms with E-state index in [1.165, 1.54) is 12.1 Å². The number of piperazine rings is 1. The number of benzene rings is 1. The van der Waals surface area contributed by atoms with Crippen molar-refractivity contribution in [2.24, 2.45) is 11.1 Å². The van der Waals surface area contributed by atoms with Crippen LogP contribution in [0.3, 0.4) is 0 Å². The number of halogens is 3. The number of likely N-dealkylation sites (tertiary alicyclic amines) is 1. The van der Waals surface area contributed by atoms with Crippen molar-refractivity contribution >= 4 is 36.4 Å².